The first kappa shape index (κ1) is 25.8. The Morgan fingerprint density at radius 3 is 2.39 bits per heavy atom. The molecule has 2 heterocycles. The van der Waals surface area contributed by atoms with Crippen LogP contribution < -0.4 is 5.56 Å². The first-order valence-corrected chi connectivity index (χ1v) is 13.1. The van der Waals surface area contributed by atoms with Gasteiger partial charge in [-0.2, -0.15) is 9.29 Å². The van der Waals surface area contributed by atoms with Crippen molar-refractivity contribution in [3.05, 3.63) is 69.7 Å². The van der Waals surface area contributed by atoms with Crippen molar-refractivity contribution < 1.29 is 22.7 Å². The summed E-state index contributed by atoms with van der Waals surface area (Å²) in [6.07, 6.45) is 0.143. The van der Waals surface area contributed by atoms with E-state index in [1.54, 1.807) is 29.8 Å². The number of esters is 1. The van der Waals surface area contributed by atoms with Gasteiger partial charge in [0.15, 0.2) is 6.61 Å². The molecule has 1 aromatic heterocycles. The summed E-state index contributed by atoms with van der Waals surface area (Å²) in [4.78, 5) is 42.6. The van der Waals surface area contributed by atoms with E-state index < -0.39 is 28.5 Å². The Balaban J connectivity index is 1.26. The van der Waals surface area contributed by atoms with Gasteiger partial charge in [0.25, 0.3) is 11.5 Å². The number of aryl methyl sites for hydroxylation is 2. The van der Waals surface area contributed by atoms with Gasteiger partial charge in [0, 0.05) is 44.7 Å². The van der Waals surface area contributed by atoms with E-state index in [-0.39, 0.29) is 49.5 Å². The minimum Gasteiger partial charge on any atom is -0.456 e. The van der Waals surface area contributed by atoms with Crippen LogP contribution in [0.1, 0.15) is 12.2 Å². The number of amides is 1. The standard InChI is InChI=1S/C24H25ClN4O6S/c1-27-20-5-3-2-4-19(20)24(32)26-21(27)10-11-23(31)35-16-22(30)28-12-14-29(15-13-28)36(33,34)18-8-6-17(25)7-9-18/h2-9H,10-16H2,1H3. The van der Waals surface area contributed by atoms with Crippen LogP contribution in [-0.2, 0) is 37.8 Å². The minimum absolute atomic E-state index is 0.0426. The lowest BCUT2D eigenvalue weighted by Crippen LogP contribution is -2.51. The van der Waals surface area contributed by atoms with Crippen LogP contribution >= 0.6 is 11.6 Å². The maximum absolute atomic E-state index is 12.8. The van der Waals surface area contributed by atoms with Crippen LogP contribution in [0.5, 0.6) is 0 Å². The average Bonchev–Trinajstić information content (AvgIpc) is 2.89. The van der Waals surface area contributed by atoms with Crippen molar-refractivity contribution in [1.82, 2.24) is 18.8 Å². The van der Waals surface area contributed by atoms with E-state index in [1.165, 1.54) is 33.5 Å². The molecule has 0 atom stereocenters. The van der Waals surface area contributed by atoms with Gasteiger partial charge in [-0.3, -0.25) is 14.4 Å². The predicted molar refractivity (Wildman–Crippen MR) is 133 cm³/mol. The molecule has 0 unspecified atom stereocenters. The van der Waals surface area contributed by atoms with Crippen LogP contribution in [0.15, 0.2) is 58.2 Å². The summed E-state index contributed by atoms with van der Waals surface area (Å²) in [7, 11) is -1.92. The molecule has 3 aromatic rings. The fraction of sp³-hybridized carbons (Fsp3) is 0.333. The summed E-state index contributed by atoms with van der Waals surface area (Å²) < 4.78 is 33.8. The van der Waals surface area contributed by atoms with Gasteiger partial charge in [-0.25, -0.2) is 8.42 Å². The predicted octanol–water partition coefficient (Wildman–Crippen LogP) is 1.60. The third-order valence-corrected chi connectivity index (χ3v) is 8.23. The number of hydrogen-bond donors (Lipinski definition) is 0. The zero-order valence-corrected chi connectivity index (χ0v) is 21.2. The molecular formula is C24H25ClN4O6S. The van der Waals surface area contributed by atoms with Crippen molar-refractivity contribution in [1.29, 1.82) is 0 Å². The van der Waals surface area contributed by atoms with E-state index in [9.17, 15) is 22.8 Å². The summed E-state index contributed by atoms with van der Waals surface area (Å²) in [6, 6.07) is 13.0. The molecule has 0 radical (unpaired) electrons. The minimum atomic E-state index is -3.69. The number of ether oxygens (including phenoxy) is 1. The first-order chi connectivity index (χ1) is 17.2. The molecule has 0 bridgehead atoms. The number of carbonyl (C=O) groups is 2. The van der Waals surface area contributed by atoms with Gasteiger partial charge in [0.2, 0.25) is 10.0 Å². The second-order valence-corrected chi connectivity index (χ2v) is 10.7. The lowest BCUT2D eigenvalue weighted by molar-refractivity contribution is -0.152. The second kappa shape index (κ2) is 10.8. The van der Waals surface area contributed by atoms with Crippen molar-refractivity contribution in [2.75, 3.05) is 32.8 Å². The maximum atomic E-state index is 12.8. The molecule has 190 valence electrons. The zero-order chi connectivity index (χ0) is 25.9. The summed E-state index contributed by atoms with van der Waals surface area (Å²) in [5.41, 5.74) is 0.354. The SMILES string of the molecule is Cn1c(CCC(=O)OCC(=O)N2CCN(S(=O)(=O)c3ccc(Cl)cc3)CC2)nc(=O)c2ccccc21. The number of carbonyl (C=O) groups excluding carboxylic acids is 2. The van der Waals surface area contributed by atoms with E-state index in [4.69, 9.17) is 16.3 Å². The maximum Gasteiger partial charge on any atom is 0.306 e. The van der Waals surface area contributed by atoms with Crippen LogP contribution in [0.25, 0.3) is 10.9 Å². The topological polar surface area (TPSA) is 119 Å². The second-order valence-electron chi connectivity index (χ2n) is 8.31. The van der Waals surface area contributed by atoms with E-state index in [1.807, 2.05) is 6.07 Å². The lowest BCUT2D eigenvalue weighted by atomic mass is 10.2. The summed E-state index contributed by atoms with van der Waals surface area (Å²) in [6.45, 7) is 0.199. The number of halogens is 1. The normalized spacial score (nSPS) is 14.7. The first-order valence-electron chi connectivity index (χ1n) is 11.3. The Hall–Kier alpha value is -3.28. The van der Waals surface area contributed by atoms with Crippen LogP contribution in [-0.4, -0.2) is 71.8 Å². The Labute approximate surface area is 213 Å². The Morgan fingerprint density at radius 1 is 1.03 bits per heavy atom. The molecular weight excluding hydrogens is 508 g/mol. The number of hydrogen-bond acceptors (Lipinski definition) is 7. The Bertz CT molecular complexity index is 1450. The van der Waals surface area contributed by atoms with Gasteiger partial charge in [-0.15, -0.1) is 0 Å². The van der Waals surface area contributed by atoms with E-state index in [0.29, 0.717) is 21.7 Å². The van der Waals surface area contributed by atoms with Crippen LogP contribution in [0, 0.1) is 0 Å². The molecule has 1 amide bonds. The van der Waals surface area contributed by atoms with Crippen molar-refractivity contribution in [3.8, 4) is 0 Å². The molecule has 0 saturated carbocycles. The van der Waals surface area contributed by atoms with E-state index >= 15 is 0 Å². The largest absolute Gasteiger partial charge is 0.456 e. The zero-order valence-electron chi connectivity index (χ0n) is 19.6. The van der Waals surface area contributed by atoms with Crippen molar-refractivity contribution >= 4 is 44.4 Å². The van der Waals surface area contributed by atoms with Gasteiger partial charge in [-0.1, -0.05) is 23.7 Å². The molecule has 1 aliphatic heterocycles. The molecule has 0 spiro atoms. The third kappa shape index (κ3) is 5.58. The Kier molecular flexibility index (Phi) is 7.72. The van der Waals surface area contributed by atoms with Gasteiger partial charge in [0.1, 0.15) is 5.82 Å². The number of fused-ring (bicyclic) bond motifs is 1. The van der Waals surface area contributed by atoms with Crippen LogP contribution in [0.4, 0.5) is 0 Å². The highest BCUT2D eigenvalue weighted by atomic mass is 35.5. The van der Waals surface area contributed by atoms with Crippen molar-refractivity contribution in [2.45, 2.75) is 17.7 Å². The quantitative estimate of drug-likeness (QED) is 0.424. The van der Waals surface area contributed by atoms with Crippen molar-refractivity contribution in [2.24, 2.45) is 7.05 Å². The lowest BCUT2D eigenvalue weighted by Gasteiger charge is -2.33. The number of aromatic nitrogens is 2. The average molecular weight is 533 g/mol. The molecule has 12 heteroatoms. The van der Waals surface area contributed by atoms with Crippen LogP contribution in [0.3, 0.4) is 0 Å². The fourth-order valence-corrected chi connectivity index (χ4v) is 5.56. The van der Waals surface area contributed by atoms with Crippen molar-refractivity contribution in [3.63, 3.8) is 0 Å². The molecule has 2 aromatic carbocycles. The Morgan fingerprint density at radius 2 is 1.69 bits per heavy atom. The van der Waals surface area contributed by atoms with E-state index in [0.717, 1.165) is 0 Å². The monoisotopic (exact) mass is 532 g/mol. The molecule has 1 saturated heterocycles. The molecule has 36 heavy (non-hydrogen) atoms. The fourth-order valence-electron chi connectivity index (χ4n) is 4.02. The van der Waals surface area contributed by atoms with Gasteiger partial charge < -0.3 is 14.2 Å². The third-order valence-electron chi connectivity index (χ3n) is 6.07. The number of rotatable bonds is 7. The molecule has 0 N–H and O–H groups in total. The molecule has 1 fully saturated rings. The van der Waals surface area contributed by atoms with Crippen LogP contribution in [0.2, 0.25) is 5.02 Å². The highest BCUT2D eigenvalue weighted by Gasteiger charge is 2.30. The smallest absolute Gasteiger partial charge is 0.306 e. The molecule has 0 aliphatic carbocycles. The van der Waals surface area contributed by atoms with Gasteiger partial charge >= 0.3 is 5.97 Å². The summed E-state index contributed by atoms with van der Waals surface area (Å²) in [5, 5.41) is 0.939. The number of nitrogens with zero attached hydrogens (tertiary/aromatic N) is 4. The highest BCUT2D eigenvalue weighted by Crippen LogP contribution is 2.20. The van der Waals surface area contributed by atoms with E-state index in [2.05, 4.69) is 4.98 Å². The molecule has 4 rings (SSSR count). The number of piperazine rings is 1. The number of benzene rings is 2. The highest BCUT2D eigenvalue weighted by molar-refractivity contribution is 7.89. The van der Waals surface area contributed by atoms with Gasteiger partial charge in [0.05, 0.1) is 22.2 Å². The molecule has 1 aliphatic rings. The number of para-hydroxylation sites is 1. The summed E-state index contributed by atoms with van der Waals surface area (Å²) >= 11 is 5.83. The van der Waals surface area contributed by atoms with Gasteiger partial charge in [-0.05, 0) is 36.4 Å². The summed E-state index contributed by atoms with van der Waals surface area (Å²) in [5.74, 6) is -0.544. The molecule has 10 nitrogen and oxygen atoms in total. The number of sulfonamides is 1.